The minimum absolute atomic E-state index is 0.00374. The van der Waals surface area contributed by atoms with Crippen molar-refractivity contribution >= 4 is 0 Å². The summed E-state index contributed by atoms with van der Waals surface area (Å²) in [5.41, 5.74) is -0.628. The number of piperidine rings is 2. The van der Waals surface area contributed by atoms with Crippen LogP contribution in [0.4, 0.5) is 0 Å². The van der Waals surface area contributed by atoms with Gasteiger partial charge in [-0.2, -0.15) is 0 Å². The first-order chi connectivity index (χ1) is 19.9. The monoisotopic (exact) mass is 593 g/mol. The summed E-state index contributed by atoms with van der Waals surface area (Å²) in [5, 5.41) is 64.1. The van der Waals surface area contributed by atoms with Crippen LogP contribution in [0.15, 0.2) is 0 Å². The van der Waals surface area contributed by atoms with Crippen LogP contribution >= 0.6 is 0 Å². The first-order valence-corrected chi connectivity index (χ1v) is 17.0. The zero-order valence-electron chi connectivity index (χ0n) is 25.7. The number of fused-ring (bicyclic) bond motifs is 8. The number of rotatable bonds is 3. The van der Waals surface area contributed by atoms with Crippen LogP contribution in [0.5, 0.6) is 0 Å². The number of nitrogens with zero attached hydrogens (tertiary/aromatic N) is 1. The summed E-state index contributed by atoms with van der Waals surface area (Å²) in [4.78, 5) is 2.64. The Bertz CT molecular complexity index is 995. The highest BCUT2D eigenvalue weighted by Crippen LogP contribution is 2.67. The van der Waals surface area contributed by atoms with E-state index in [4.69, 9.17) is 9.47 Å². The normalized spacial score (nSPS) is 59.6. The topological polar surface area (TPSA) is 143 Å². The van der Waals surface area contributed by atoms with Gasteiger partial charge in [-0.25, -0.2) is 0 Å². The predicted octanol–water partition coefficient (Wildman–Crippen LogP) is 1.50. The van der Waals surface area contributed by atoms with Gasteiger partial charge in [-0.1, -0.05) is 13.8 Å². The molecule has 9 heteroatoms. The first-order valence-electron chi connectivity index (χ1n) is 17.0. The molecule has 0 spiro atoms. The zero-order chi connectivity index (χ0) is 29.7. The molecular formula is C33H55NO8. The van der Waals surface area contributed by atoms with Crippen LogP contribution < -0.4 is 0 Å². The molecule has 3 saturated heterocycles. The van der Waals surface area contributed by atoms with Crippen molar-refractivity contribution in [2.45, 2.75) is 133 Å². The molecule has 240 valence electrons. The Balaban J connectivity index is 1.07. The summed E-state index contributed by atoms with van der Waals surface area (Å²) >= 11 is 0. The Morgan fingerprint density at radius 2 is 1.57 bits per heavy atom. The van der Waals surface area contributed by atoms with E-state index in [1.165, 1.54) is 19.3 Å². The van der Waals surface area contributed by atoms with Crippen LogP contribution in [0.2, 0.25) is 0 Å². The second-order valence-electron chi connectivity index (χ2n) is 16.2. The van der Waals surface area contributed by atoms with Crippen molar-refractivity contribution in [3.05, 3.63) is 0 Å². The van der Waals surface area contributed by atoms with Crippen LogP contribution in [0.1, 0.15) is 78.6 Å². The summed E-state index contributed by atoms with van der Waals surface area (Å²) in [7, 11) is 0. The highest BCUT2D eigenvalue weighted by Gasteiger charge is 2.64. The average Bonchev–Trinajstić information content (AvgIpc) is 3.33. The molecule has 4 saturated carbocycles. The van der Waals surface area contributed by atoms with Crippen LogP contribution in [0.25, 0.3) is 0 Å². The van der Waals surface area contributed by atoms with E-state index in [0.29, 0.717) is 47.8 Å². The van der Waals surface area contributed by atoms with Gasteiger partial charge < -0.3 is 40.1 Å². The van der Waals surface area contributed by atoms with E-state index in [-0.39, 0.29) is 23.5 Å². The lowest BCUT2D eigenvalue weighted by Gasteiger charge is -2.60. The maximum atomic E-state index is 12.0. The Morgan fingerprint density at radius 3 is 2.33 bits per heavy atom. The lowest BCUT2D eigenvalue weighted by Crippen LogP contribution is -2.67. The molecule has 4 aliphatic carbocycles. The molecule has 7 aliphatic rings. The van der Waals surface area contributed by atoms with Gasteiger partial charge in [0, 0.05) is 19.1 Å². The van der Waals surface area contributed by atoms with Crippen molar-refractivity contribution in [2.24, 2.45) is 52.8 Å². The van der Waals surface area contributed by atoms with E-state index >= 15 is 0 Å². The standard InChI is InChI=1S/C33H55NO8/c1-16-4-7-27-33(3,40)22-6-5-18-19(21(22)14-34(27)13-16)11-23-20(18)12-25(36)24-10-17(8-9-32(23,24)2)41-31-30(39)29(38)28(37)26(15-35)42-31/h16-31,35-40H,4-15H2,1-3H3/t16-,17-,18+,19+,20-,21-,22-,23-,24+,25-,26+,27+,28+,29-,30+,31-,32+,33-/m0/s1. The first kappa shape index (κ1) is 30.3. The fourth-order valence-corrected chi connectivity index (χ4v) is 12.1. The van der Waals surface area contributed by atoms with E-state index in [2.05, 4.69) is 25.7 Å². The molecule has 0 aromatic carbocycles. The SMILES string of the molecule is C[C@H]1CC[C@H]2N(C1)C[C@H]1[C@@H]3C[C@H]4[C@@H](C[C@H](O)[C@H]5C[C@@H](O[C@H]6O[C@H](CO)[C@@H](O)[C@H](O)[C@H]6O)CC[C@@]54C)[C@@H]3CC[C@@H]1[C@]2(C)O. The number of ether oxygens (including phenoxy) is 2. The smallest absolute Gasteiger partial charge is 0.186 e. The highest BCUT2D eigenvalue weighted by atomic mass is 16.7. The van der Waals surface area contributed by atoms with Crippen LogP contribution in [0.3, 0.4) is 0 Å². The molecular weight excluding hydrogens is 538 g/mol. The molecule has 7 rings (SSSR count). The Hall–Kier alpha value is -0.360. The summed E-state index contributed by atoms with van der Waals surface area (Å²) in [5.74, 6) is 3.97. The largest absolute Gasteiger partial charge is 0.394 e. The summed E-state index contributed by atoms with van der Waals surface area (Å²) in [6, 6.07) is 0.290. The van der Waals surface area contributed by atoms with Gasteiger partial charge in [-0.15, -0.1) is 0 Å². The van der Waals surface area contributed by atoms with Crippen molar-refractivity contribution in [2.75, 3.05) is 19.7 Å². The fourth-order valence-electron chi connectivity index (χ4n) is 12.1. The Labute approximate surface area is 250 Å². The fraction of sp³-hybridized carbons (Fsp3) is 1.00. The molecule has 0 aromatic heterocycles. The number of aliphatic hydroxyl groups excluding tert-OH is 5. The summed E-state index contributed by atoms with van der Waals surface area (Å²) in [6.07, 6.45) is 1.96. The van der Waals surface area contributed by atoms with Crippen molar-refractivity contribution in [3.63, 3.8) is 0 Å². The Kier molecular flexibility index (Phi) is 7.84. The Morgan fingerprint density at radius 1 is 0.786 bits per heavy atom. The minimum Gasteiger partial charge on any atom is -0.394 e. The molecule has 0 bridgehead atoms. The van der Waals surface area contributed by atoms with Gasteiger partial charge in [0.15, 0.2) is 6.29 Å². The average molecular weight is 594 g/mol. The van der Waals surface area contributed by atoms with Gasteiger partial charge in [0.2, 0.25) is 0 Å². The second-order valence-corrected chi connectivity index (χ2v) is 16.2. The van der Waals surface area contributed by atoms with E-state index in [9.17, 15) is 30.6 Å². The molecule has 42 heavy (non-hydrogen) atoms. The molecule has 7 fully saturated rings. The molecule has 9 nitrogen and oxygen atoms in total. The highest BCUT2D eigenvalue weighted by molar-refractivity contribution is 5.14. The van der Waals surface area contributed by atoms with Crippen molar-refractivity contribution in [1.29, 1.82) is 0 Å². The molecule has 6 N–H and O–H groups in total. The maximum absolute atomic E-state index is 12.0. The molecule has 3 heterocycles. The van der Waals surface area contributed by atoms with Crippen LogP contribution in [-0.4, -0.2) is 110 Å². The third-order valence-corrected chi connectivity index (χ3v) is 14.2. The molecule has 0 radical (unpaired) electrons. The summed E-state index contributed by atoms with van der Waals surface area (Å²) in [6.45, 7) is 8.63. The van der Waals surface area contributed by atoms with Crippen LogP contribution in [-0.2, 0) is 9.47 Å². The van der Waals surface area contributed by atoms with Gasteiger partial charge in [0.05, 0.1) is 24.4 Å². The second kappa shape index (κ2) is 10.9. The maximum Gasteiger partial charge on any atom is 0.186 e. The number of aliphatic hydroxyl groups is 6. The molecule has 0 unspecified atom stereocenters. The van der Waals surface area contributed by atoms with Gasteiger partial charge in [-0.05, 0) is 117 Å². The number of hydrogen-bond donors (Lipinski definition) is 6. The third-order valence-electron chi connectivity index (χ3n) is 14.2. The summed E-state index contributed by atoms with van der Waals surface area (Å²) < 4.78 is 11.8. The van der Waals surface area contributed by atoms with Gasteiger partial charge >= 0.3 is 0 Å². The number of hydrogen-bond acceptors (Lipinski definition) is 9. The van der Waals surface area contributed by atoms with E-state index < -0.39 is 49.0 Å². The van der Waals surface area contributed by atoms with Crippen molar-refractivity contribution < 1.29 is 40.1 Å². The minimum atomic E-state index is -1.45. The van der Waals surface area contributed by atoms with E-state index in [1.807, 2.05) is 0 Å². The molecule has 0 aromatic rings. The predicted molar refractivity (Wildman–Crippen MR) is 154 cm³/mol. The van der Waals surface area contributed by atoms with Gasteiger partial charge in [0.25, 0.3) is 0 Å². The van der Waals surface area contributed by atoms with Crippen molar-refractivity contribution in [3.8, 4) is 0 Å². The lowest BCUT2D eigenvalue weighted by molar-refractivity contribution is -0.317. The van der Waals surface area contributed by atoms with Crippen LogP contribution in [0, 0.1) is 52.8 Å². The van der Waals surface area contributed by atoms with Crippen molar-refractivity contribution in [1.82, 2.24) is 4.90 Å². The lowest BCUT2D eigenvalue weighted by atomic mass is 9.51. The molecule has 18 atom stereocenters. The zero-order valence-corrected chi connectivity index (χ0v) is 25.7. The molecule has 3 aliphatic heterocycles. The van der Waals surface area contributed by atoms with E-state index in [1.54, 1.807) is 0 Å². The van der Waals surface area contributed by atoms with Gasteiger partial charge in [0.1, 0.15) is 24.4 Å². The van der Waals surface area contributed by atoms with E-state index in [0.717, 1.165) is 45.2 Å². The third kappa shape index (κ3) is 4.58. The molecule has 0 amide bonds. The van der Waals surface area contributed by atoms with Gasteiger partial charge in [-0.3, -0.25) is 4.90 Å². The quantitative estimate of drug-likeness (QED) is 0.269.